The highest BCUT2D eigenvalue weighted by Gasteiger charge is 2.42. The molecule has 1 aliphatic heterocycles. The monoisotopic (exact) mass is 298 g/mol. The number of benzene rings is 1. The van der Waals surface area contributed by atoms with E-state index >= 15 is 0 Å². The maximum atomic E-state index is 5.95. The van der Waals surface area contributed by atoms with Crippen LogP contribution < -0.4 is 0 Å². The number of hydrogen-bond donors (Lipinski definition) is 0. The number of aromatic nitrogens is 1. The quantitative estimate of drug-likeness (QED) is 0.872. The Balaban J connectivity index is 1.58. The zero-order valence-corrected chi connectivity index (χ0v) is 12.9. The van der Waals surface area contributed by atoms with Crippen LogP contribution in [0, 0.1) is 0 Å². The molecule has 4 nitrogen and oxygen atoms in total. The van der Waals surface area contributed by atoms with E-state index in [2.05, 4.69) is 35.2 Å². The fraction of sp³-hybridized carbons (Fsp3) is 0.500. The molecule has 1 aromatic carbocycles. The summed E-state index contributed by atoms with van der Waals surface area (Å²) in [6.45, 7) is 2.61. The van der Waals surface area contributed by atoms with Crippen molar-refractivity contribution >= 4 is 10.9 Å². The third kappa shape index (κ3) is 2.51. The molecule has 1 saturated heterocycles. The van der Waals surface area contributed by atoms with Gasteiger partial charge in [-0.1, -0.05) is 24.3 Å². The second kappa shape index (κ2) is 5.95. The molecule has 0 unspecified atom stereocenters. The van der Waals surface area contributed by atoms with Crippen molar-refractivity contribution in [3.05, 3.63) is 42.1 Å². The Kier molecular flexibility index (Phi) is 3.82. The number of pyridine rings is 1. The third-order valence-electron chi connectivity index (χ3n) is 4.97. The molecule has 0 spiro atoms. The van der Waals surface area contributed by atoms with Gasteiger partial charge in [0.2, 0.25) is 0 Å². The van der Waals surface area contributed by atoms with E-state index in [1.807, 2.05) is 6.07 Å². The van der Waals surface area contributed by atoms with Crippen molar-refractivity contribution in [3.63, 3.8) is 0 Å². The number of ether oxygens (including phenoxy) is 2. The molecule has 2 heterocycles. The second-order valence-electron chi connectivity index (χ2n) is 6.22. The van der Waals surface area contributed by atoms with Gasteiger partial charge in [-0.05, 0) is 25.0 Å². The molecule has 0 N–H and O–H groups in total. The Labute approximate surface area is 131 Å². The fourth-order valence-electron chi connectivity index (χ4n) is 3.88. The molecule has 2 aromatic rings. The van der Waals surface area contributed by atoms with Crippen LogP contribution in [0.15, 0.2) is 36.4 Å². The number of nitrogens with zero attached hydrogens (tertiary/aromatic N) is 2. The van der Waals surface area contributed by atoms with Gasteiger partial charge >= 0.3 is 0 Å². The van der Waals surface area contributed by atoms with Crippen LogP contribution in [0.5, 0.6) is 0 Å². The third-order valence-corrected chi connectivity index (χ3v) is 4.97. The summed E-state index contributed by atoms with van der Waals surface area (Å²) < 4.78 is 11.7. The predicted molar refractivity (Wildman–Crippen MR) is 85.7 cm³/mol. The first kappa shape index (κ1) is 14.1. The summed E-state index contributed by atoms with van der Waals surface area (Å²) >= 11 is 0. The highest BCUT2D eigenvalue weighted by molar-refractivity contribution is 5.78. The summed E-state index contributed by atoms with van der Waals surface area (Å²) in [6.07, 6.45) is 2.72. The smallest absolute Gasteiger partial charge is 0.0987 e. The maximum absolute atomic E-state index is 5.95. The van der Waals surface area contributed by atoms with E-state index in [1.165, 1.54) is 5.39 Å². The second-order valence-corrected chi connectivity index (χ2v) is 6.22. The van der Waals surface area contributed by atoms with Gasteiger partial charge in [0, 0.05) is 31.6 Å². The van der Waals surface area contributed by atoms with Gasteiger partial charge in [0.15, 0.2) is 0 Å². The number of methoxy groups -OCH3 is 1. The first-order valence-corrected chi connectivity index (χ1v) is 8.08. The van der Waals surface area contributed by atoms with E-state index in [4.69, 9.17) is 14.5 Å². The van der Waals surface area contributed by atoms with Crippen LogP contribution in [0.1, 0.15) is 18.5 Å². The van der Waals surface area contributed by atoms with Crippen molar-refractivity contribution in [1.29, 1.82) is 0 Å². The highest BCUT2D eigenvalue weighted by Crippen LogP contribution is 2.32. The van der Waals surface area contributed by atoms with Gasteiger partial charge in [0.05, 0.1) is 30.0 Å². The van der Waals surface area contributed by atoms with Crippen LogP contribution in [0.2, 0.25) is 0 Å². The highest BCUT2D eigenvalue weighted by atomic mass is 16.5. The molecular weight excluding hydrogens is 276 g/mol. The van der Waals surface area contributed by atoms with Crippen LogP contribution in [0.4, 0.5) is 0 Å². The van der Waals surface area contributed by atoms with E-state index in [9.17, 15) is 0 Å². The van der Waals surface area contributed by atoms with E-state index < -0.39 is 0 Å². The lowest BCUT2D eigenvalue weighted by molar-refractivity contribution is -0.0326. The normalized spacial score (nSPS) is 28.9. The summed E-state index contributed by atoms with van der Waals surface area (Å²) in [7, 11) is 1.80. The SMILES string of the molecule is CO[C@H]1[C@H]2CC[C@H]1OCCN2Cc1ccc2ccccc2n1. The van der Waals surface area contributed by atoms with Crippen LogP contribution in [0.3, 0.4) is 0 Å². The molecule has 3 atom stereocenters. The summed E-state index contributed by atoms with van der Waals surface area (Å²) in [5.74, 6) is 0. The average Bonchev–Trinajstić information content (AvgIpc) is 2.87. The van der Waals surface area contributed by atoms with Gasteiger partial charge in [-0.3, -0.25) is 9.88 Å². The lowest BCUT2D eigenvalue weighted by Crippen LogP contribution is -2.42. The van der Waals surface area contributed by atoms with Crippen LogP contribution in [-0.4, -0.2) is 48.4 Å². The topological polar surface area (TPSA) is 34.6 Å². The van der Waals surface area contributed by atoms with Crippen molar-refractivity contribution in [3.8, 4) is 0 Å². The Hall–Kier alpha value is -1.49. The Morgan fingerprint density at radius 2 is 2.14 bits per heavy atom. The van der Waals surface area contributed by atoms with Crippen molar-refractivity contribution in [2.24, 2.45) is 0 Å². The molecule has 2 aliphatic rings. The summed E-state index contributed by atoms with van der Waals surface area (Å²) in [6, 6.07) is 13.0. The summed E-state index contributed by atoms with van der Waals surface area (Å²) in [5.41, 5.74) is 2.19. The average molecular weight is 298 g/mol. The summed E-state index contributed by atoms with van der Waals surface area (Å²) in [4.78, 5) is 7.29. The first-order valence-electron chi connectivity index (χ1n) is 8.08. The van der Waals surface area contributed by atoms with Crippen LogP contribution in [0.25, 0.3) is 10.9 Å². The standard InChI is InChI=1S/C18H22N2O2/c1-21-18-16-8-9-17(18)22-11-10-20(16)12-14-7-6-13-4-2-3-5-15(13)19-14/h2-7,16-18H,8-12H2,1H3/t16-,17-,18+/m1/s1. The van der Waals surface area contributed by atoms with Gasteiger partial charge in [0.1, 0.15) is 0 Å². The maximum Gasteiger partial charge on any atom is 0.0987 e. The minimum atomic E-state index is 0.197. The number of para-hydroxylation sites is 1. The van der Waals surface area contributed by atoms with Gasteiger partial charge in [-0.25, -0.2) is 0 Å². The Morgan fingerprint density at radius 3 is 3.05 bits per heavy atom. The predicted octanol–water partition coefficient (Wildman–Crippen LogP) is 2.61. The lowest BCUT2D eigenvalue weighted by Gasteiger charge is -2.30. The first-order chi connectivity index (χ1) is 10.8. The zero-order valence-electron chi connectivity index (χ0n) is 12.9. The van der Waals surface area contributed by atoms with Crippen molar-refractivity contribution in [1.82, 2.24) is 9.88 Å². The molecule has 22 heavy (non-hydrogen) atoms. The van der Waals surface area contributed by atoms with Crippen LogP contribution in [-0.2, 0) is 16.0 Å². The van der Waals surface area contributed by atoms with Gasteiger partial charge in [0.25, 0.3) is 0 Å². The molecule has 2 fully saturated rings. The van der Waals surface area contributed by atoms with Gasteiger partial charge in [-0.2, -0.15) is 0 Å². The Bertz CT molecular complexity index is 660. The number of hydrogen-bond acceptors (Lipinski definition) is 4. The van der Waals surface area contributed by atoms with E-state index in [0.717, 1.165) is 43.7 Å². The zero-order chi connectivity index (χ0) is 14.9. The molecule has 4 heteroatoms. The molecular formula is C18H22N2O2. The molecule has 1 saturated carbocycles. The van der Waals surface area contributed by atoms with E-state index in [-0.39, 0.29) is 12.2 Å². The van der Waals surface area contributed by atoms with E-state index in [1.54, 1.807) is 7.11 Å². The molecule has 0 amide bonds. The molecule has 1 aromatic heterocycles. The fourth-order valence-corrected chi connectivity index (χ4v) is 3.88. The van der Waals surface area contributed by atoms with Gasteiger partial charge < -0.3 is 9.47 Å². The van der Waals surface area contributed by atoms with E-state index in [0.29, 0.717) is 6.04 Å². The van der Waals surface area contributed by atoms with Crippen molar-refractivity contribution < 1.29 is 9.47 Å². The summed E-state index contributed by atoms with van der Waals surface area (Å²) in [5, 5.41) is 1.20. The molecule has 0 radical (unpaired) electrons. The van der Waals surface area contributed by atoms with Crippen molar-refractivity contribution in [2.45, 2.75) is 37.6 Å². The minimum absolute atomic E-state index is 0.197. The van der Waals surface area contributed by atoms with Crippen molar-refractivity contribution in [2.75, 3.05) is 20.3 Å². The molecule has 2 bridgehead atoms. The Morgan fingerprint density at radius 1 is 1.23 bits per heavy atom. The number of fused-ring (bicyclic) bond motifs is 3. The largest absolute Gasteiger partial charge is 0.377 e. The number of rotatable bonds is 3. The van der Waals surface area contributed by atoms with Gasteiger partial charge in [-0.15, -0.1) is 0 Å². The minimum Gasteiger partial charge on any atom is -0.377 e. The lowest BCUT2D eigenvalue weighted by atomic mass is 10.1. The molecule has 4 rings (SSSR count). The van der Waals surface area contributed by atoms with Crippen LogP contribution >= 0.6 is 0 Å². The molecule has 116 valence electrons. The molecule has 1 aliphatic carbocycles.